The van der Waals surface area contributed by atoms with E-state index < -0.39 is 50.2 Å². The van der Waals surface area contributed by atoms with E-state index in [1.54, 1.807) is 6.92 Å². The van der Waals surface area contributed by atoms with E-state index in [-0.39, 0.29) is 12.5 Å². The largest absolute Gasteiger partial charge is 0.339 e. The van der Waals surface area contributed by atoms with Crippen LogP contribution in [0, 0.1) is 11.8 Å². The first-order chi connectivity index (χ1) is 15.5. The number of nitrogens with one attached hydrogen (secondary N) is 4. The van der Waals surface area contributed by atoms with E-state index in [0.29, 0.717) is 25.3 Å². The zero-order valence-electron chi connectivity index (χ0n) is 19.9. The van der Waals surface area contributed by atoms with Gasteiger partial charge in [-0.25, -0.2) is 18.6 Å². The molecule has 0 aromatic heterocycles. The van der Waals surface area contributed by atoms with Gasteiger partial charge in [-0.2, -0.15) is 0 Å². The molecule has 2 heterocycles. The Morgan fingerprint density at radius 1 is 1.24 bits per heavy atom. The summed E-state index contributed by atoms with van der Waals surface area (Å²) in [6, 6.07) is -0.832. The van der Waals surface area contributed by atoms with Crippen LogP contribution in [-0.4, -0.2) is 66.7 Å². The summed E-state index contributed by atoms with van der Waals surface area (Å²) in [5.41, 5.74) is 2.83. The molecule has 2 fully saturated rings. The predicted molar refractivity (Wildman–Crippen MR) is 131 cm³/mol. The van der Waals surface area contributed by atoms with Gasteiger partial charge < -0.3 is 5.32 Å². The molecule has 2 rings (SSSR count). The molecule has 0 radical (unpaired) electrons. The van der Waals surface area contributed by atoms with E-state index in [1.165, 1.54) is 5.01 Å². The zero-order valence-corrected chi connectivity index (χ0v) is 22.3. The highest BCUT2D eigenvalue weighted by Crippen LogP contribution is 2.23. The standard InChI is InChI=1S/C21H39Cl2N5O4S/c1-5-7-15(6-2)10-11-25-33(31,32)20-13(3)8-9-17(27-20)26-19(29)14(4)28-21(30)18(23)16(22)12-24-28/h13-18,20,24-25,27H,5-12H2,1-4H3,(H,26,29)/t13?,14-,15?,16?,17?,18?,20?/m0/s1. The fourth-order valence-corrected chi connectivity index (χ4v) is 6.43. The van der Waals surface area contributed by atoms with Crippen LogP contribution in [0.5, 0.6) is 0 Å². The Labute approximate surface area is 208 Å². The lowest BCUT2D eigenvalue weighted by Gasteiger charge is -2.39. The molecule has 0 aromatic rings. The lowest BCUT2D eigenvalue weighted by Crippen LogP contribution is -2.65. The van der Waals surface area contributed by atoms with E-state index in [9.17, 15) is 18.0 Å². The lowest BCUT2D eigenvalue weighted by atomic mass is 9.97. The van der Waals surface area contributed by atoms with Crippen molar-refractivity contribution in [3.8, 4) is 0 Å². The summed E-state index contributed by atoms with van der Waals surface area (Å²) in [6.45, 7) is 8.41. The number of carbonyl (C=O) groups excluding carboxylic acids is 2. The minimum absolute atomic E-state index is 0.103. The smallest absolute Gasteiger partial charge is 0.257 e. The average molecular weight is 529 g/mol. The van der Waals surface area contributed by atoms with Gasteiger partial charge in [0.1, 0.15) is 16.8 Å². The first kappa shape index (κ1) is 28.6. The Morgan fingerprint density at radius 3 is 2.58 bits per heavy atom. The Bertz CT molecular complexity index is 772. The molecule has 2 aliphatic heterocycles. The molecule has 12 heteroatoms. The molecule has 4 N–H and O–H groups in total. The minimum Gasteiger partial charge on any atom is -0.339 e. The van der Waals surface area contributed by atoms with Gasteiger partial charge in [0.05, 0.1) is 11.5 Å². The number of piperidine rings is 1. The third-order valence-electron chi connectivity index (χ3n) is 6.59. The van der Waals surface area contributed by atoms with E-state index >= 15 is 0 Å². The van der Waals surface area contributed by atoms with Gasteiger partial charge >= 0.3 is 0 Å². The van der Waals surface area contributed by atoms with Gasteiger partial charge in [0.15, 0.2) is 0 Å². The van der Waals surface area contributed by atoms with Crippen LogP contribution in [0.4, 0.5) is 0 Å². The molecule has 0 aromatic carbocycles. The van der Waals surface area contributed by atoms with Crippen LogP contribution in [0.25, 0.3) is 0 Å². The van der Waals surface area contributed by atoms with E-state index in [1.807, 2.05) is 6.92 Å². The molecular weight excluding hydrogens is 489 g/mol. The minimum atomic E-state index is -3.60. The van der Waals surface area contributed by atoms with Crippen molar-refractivity contribution in [3.05, 3.63) is 0 Å². The quantitative estimate of drug-likeness (QED) is 0.304. The maximum atomic E-state index is 13.0. The van der Waals surface area contributed by atoms with Crippen molar-refractivity contribution >= 4 is 45.0 Å². The number of rotatable bonds is 11. The summed E-state index contributed by atoms with van der Waals surface area (Å²) in [5.74, 6) is -0.465. The third-order valence-corrected chi connectivity index (χ3v) is 9.49. The van der Waals surface area contributed by atoms with Crippen LogP contribution < -0.4 is 20.8 Å². The second kappa shape index (κ2) is 12.9. The second-order valence-electron chi connectivity index (χ2n) is 9.16. The van der Waals surface area contributed by atoms with Crippen LogP contribution in [0.2, 0.25) is 0 Å². The van der Waals surface area contributed by atoms with Crippen molar-refractivity contribution in [2.45, 2.75) is 94.6 Å². The highest BCUT2D eigenvalue weighted by Gasteiger charge is 2.40. The predicted octanol–water partition coefficient (Wildman–Crippen LogP) is 1.86. The van der Waals surface area contributed by atoms with Gasteiger partial charge in [-0.15, -0.1) is 23.2 Å². The number of amides is 2. The second-order valence-corrected chi connectivity index (χ2v) is 12.1. The number of sulfonamides is 1. The number of hydrogen-bond donors (Lipinski definition) is 4. The molecule has 6 unspecified atom stereocenters. The molecule has 0 aliphatic carbocycles. The number of halogens is 2. The molecule has 192 valence electrons. The first-order valence-electron chi connectivity index (χ1n) is 11.9. The normalized spacial score (nSPS) is 30.7. The molecule has 2 saturated heterocycles. The Kier molecular flexibility index (Phi) is 11.2. The number of alkyl halides is 2. The number of hydrazine groups is 1. The summed E-state index contributed by atoms with van der Waals surface area (Å²) in [7, 11) is -3.60. The van der Waals surface area contributed by atoms with Gasteiger partial charge in [0.2, 0.25) is 15.9 Å². The summed E-state index contributed by atoms with van der Waals surface area (Å²) in [4.78, 5) is 25.2. The molecule has 9 nitrogen and oxygen atoms in total. The number of nitrogens with zero attached hydrogens (tertiary/aromatic N) is 1. The lowest BCUT2D eigenvalue weighted by molar-refractivity contribution is -0.145. The summed E-state index contributed by atoms with van der Waals surface area (Å²) in [6.07, 6.45) is 4.73. The Morgan fingerprint density at radius 2 is 1.94 bits per heavy atom. The van der Waals surface area contributed by atoms with Gasteiger partial charge in [-0.05, 0) is 38.0 Å². The fourth-order valence-electron chi connectivity index (χ4n) is 4.38. The number of carbonyl (C=O) groups is 2. The van der Waals surface area contributed by atoms with Crippen LogP contribution in [0.15, 0.2) is 0 Å². The summed E-state index contributed by atoms with van der Waals surface area (Å²) >= 11 is 12.0. The molecule has 33 heavy (non-hydrogen) atoms. The monoisotopic (exact) mass is 527 g/mol. The van der Waals surface area contributed by atoms with Gasteiger partial charge in [0.25, 0.3) is 5.91 Å². The molecule has 2 amide bonds. The highest BCUT2D eigenvalue weighted by molar-refractivity contribution is 7.90. The molecule has 2 aliphatic rings. The Balaban J connectivity index is 1.93. The summed E-state index contributed by atoms with van der Waals surface area (Å²) in [5, 5.41) is 4.83. The Hall–Kier alpha value is -0.650. The molecule has 0 bridgehead atoms. The van der Waals surface area contributed by atoms with E-state index in [2.05, 4.69) is 34.6 Å². The van der Waals surface area contributed by atoms with Crippen molar-refractivity contribution in [1.82, 2.24) is 25.8 Å². The summed E-state index contributed by atoms with van der Waals surface area (Å²) < 4.78 is 28.7. The molecule has 7 atom stereocenters. The van der Waals surface area contributed by atoms with Crippen LogP contribution in [0.3, 0.4) is 0 Å². The molecular formula is C21H39Cl2N5O4S. The van der Waals surface area contributed by atoms with Crippen molar-refractivity contribution < 1.29 is 18.0 Å². The number of hydrogen-bond acceptors (Lipinski definition) is 6. The highest BCUT2D eigenvalue weighted by atomic mass is 35.5. The van der Waals surface area contributed by atoms with Crippen molar-refractivity contribution in [1.29, 1.82) is 0 Å². The average Bonchev–Trinajstić information content (AvgIpc) is 2.77. The van der Waals surface area contributed by atoms with E-state index in [0.717, 1.165) is 25.7 Å². The van der Waals surface area contributed by atoms with Crippen molar-refractivity contribution in [3.63, 3.8) is 0 Å². The van der Waals surface area contributed by atoms with Gasteiger partial charge in [0, 0.05) is 13.1 Å². The molecule has 0 spiro atoms. The van der Waals surface area contributed by atoms with Crippen LogP contribution in [-0.2, 0) is 19.6 Å². The SMILES string of the molecule is CCCC(CC)CCNS(=O)(=O)C1NC(NC(=O)[C@H](C)N2NCC(Cl)C(Cl)C2=O)CCC1C. The van der Waals surface area contributed by atoms with Gasteiger partial charge in [-0.1, -0.05) is 40.0 Å². The van der Waals surface area contributed by atoms with Crippen molar-refractivity contribution in [2.24, 2.45) is 11.8 Å². The van der Waals surface area contributed by atoms with Gasteiger partial charge in [-0.3, -0.25) is 19.9 Å². The maximum absolute atomic E-state index is 13.0. The maximum Gasteiger partial charge on any atom is 0.257 e. The van der Waals surface area contributed by atoms with E-state index in [4.69, 9.17) is 23.2 Å². The third kappa shape index (κ3) is 7.67. The topological polar surface area (TPSA) is 120 Å². The van der Waals surface area contributed by atoms with Crippen LogP contribution in [0.1, 0.15) is 66.2 Å². The fraction of sp³-hybridized carbons (Fsp3) is 0.905. The molecule has 0 saturated carbocycles. The zero-order chi connectivity index (χ0) is 24.8. The van der Waals surface area contributed by atoms with Crippen molar-refractivity contribution in [2.75, 3.05) is 13.1 Å². The first-order valence-corrected chi connectivity index (χ1v) is 14.3. The van der Waals surface area contributed by atoms with Crippen LogP contribution >= 0.6 is 23.2 Å².